The van der Waals surface area contributed by atoms with E-state index in [9.17, 15) is 9.59 Å². The molecule has 1 amide bonds. The molecule has 1 heterocycles. The van der Waals surface area contributed by atoms with Gasteiger partial charge in [0, 0.05) is 59.9 Å². The quantitative estimate of drug-likeness (QED) is 0.0833. The van der Waals surface area contributed by atoms with Crippen LogP contribution in [0.25, 0.3) is 33.4 Å². The highest BCUT2D eigenvalue weighted by Gasteiger charge is 2.23. The van der Waals surface area contributed by atoms with Gasteiger partial charge >= 0.3 is 5.97 Å². The van der Waals surface area contributed by atoms with Crippen molar-refractivity contribution in [3.63, 3.8) is 0 Å². The van der Waals surface area contributed by atoms with E-state index in [1.807, 2.05) is 38.1 Å². The number of benzene rings is 3. The molecule has 43 heavy (non-hydrogen) atoms. The number of fused-ring (bicyclic) bond motifs is 2. The molecule has 2 aromatic carbocycles. The van der Waals surface area contributed by atoms with Gasteiger partial charge in [-0.2, -0.15) is 0 Å². The van der Waals surface area contributed by atoms with Crippen molar-refractivity contribution in [2.75, 3.05) is 44.2 Å². The largest absolute Gasteiger partial charge is 0.462 e. The Hall–Kier alpha value is -4.13. The summed E-state index contributed by atoms with van der Waals surface area (Å²) in [6, 6.07) is 20.3. The second-order valence-electron chi connectivity index (χ2n) is 10.8. The highest BCUT2D eigenvalue weighted by molar-refractivity contribution is 6.08. The Morgan fingerprint density at radius 3 is 2.37 bits per heavy atom. The molecule has 1 aliphatic heterocycles. The molecule has 1 unspecified atom stereocenters. The molecule has 1 N–H and O–H groups in total. The van der Waals surface area contributed by atoms with Crippen LogP contribution in [0, 0.1) is 5.92 Å². The van der Waals surface area contributed by atoms with Crippen molar-refractivity contribution >= 4 is 28.5 Å². The standard InChI is InChI=1S/C36H45N3O4/c1-7-25(6)35(40)37-21-14-22-42-36(41)29-16-13-12-15-28(29)34-30-19-17-26(38(8-2)9-3)23-32(30)43-33-24-27(18-20-31(33)34)39(10-4)11-5/h12-13,15-20,23-25H,7-11,14,21-22H2,1-6H3/p+1. The van der Waals surface area contributed by atoms with Crippen LogP contribution in [-0.2, 0) is 9.53 Å². The maximum Gasteiger partial charge on any atom is 0.338 e. The number of nitrogens with zero attached hydrogens (tertiary/aromatic N) is 2. The predicted molar refractivity (Wildman–Crippen MR) is 176 cm³/mol. The number of hydrogen-bond acceptors (Lipinski definition) is 5. The van der Waals surface area contributed by atoms with Crippen LogP contribution < -0.4 is 20.1 Å². The smallest absolute Gasteiger partial charge is 0.338 e. The van der Waals surface area contributed by atoms with Crippen LogP contribution >= 0.6 is 0 Å². The SMILES string of the molecule is CCC(C)C(=O)NCCCOC(=O)c1ccccc1-c1c2ccc(=[N+](CC)CC)cc-2oc2cc(N(CC)CC)ccc12. The number of ether oxygens (including phenoxy) is 1. The van der Waals surface area contributed by atoms with Gasteiger partial charge in [0.2, 0.25) is 11.3 Å². The van der Waals surface area contributed by atoms with Gasteiger partial charge in [-0.25, -0.2) is 9.37 Å². The molecule has 7 nitrogen and oxygen atoms in total. The molecule has 0 saturated carbocycles. The van der Waals surface area contributed by atoms with Gasteiger partial charge in [0.15, 0.2) is 0 Å². The topological polar surface area (TPSA) is 74.8 Å². The molecule has 0 saturated heterocycles. The summed E-state index contributed by atoms with van der Waals surface area (Å²) in [5.74, 6) is 0.387. The normalized spacial score (nSPS) is 11.9. The van der Waals surface area contributed by atoms with E-state index in [4.69, 9.17) is 9.15 Å². The Morgan fingerprint density at radius 1 is 0.930 bits per heavy atom. The lowest BCUT2D eigenvalue weighted by atomic mass is 9.90. The highest BCUT2D eigenvalue weighted by atomic mass is 16.5. The first-order chi connectivity index (χ1) is 20.9. The zero-order valence-corrected chi connectivity index (χ0v) is 26.5. The Labute approximate surface area is 255 Å². The van der Waals surface area contributed by atoms with E-state index in [0.29, 0.717) is 18.5 Å². The average molecular weight is 585 g/mol. The van der Waals surface area contributed by atoms with Crippen molar-refractivity contribution in [1.82, 2.24) is 9.89 Å². The summed E-state index contributed by atoms with van der Waals surface area (Å²) in [5, 5.41) is 4.95. The number of rotatable bonds is 13. The summed E-state index contributed by atoms with van der Waals surface area (Å²) in [6.07, 6.45) is 1.34. The summed E-state index contributed by atoms with van der Waals surface area (Å²) in [5.41, 5.74) is 5.05. The van der Waals surface area contributed by atoms with Gasteiger partial charge in [0.05, 0.1) is 18.2 Å². The number of esters is 1. The molecule has 7 heteroatoms. The van der Waals surface area contributed by atoms with Crippen LogP contribution in [0.4, 0.5) is 5.69 Å². The minimum Gasteiger partial charge on any atom is -0.462 e. The Bertz CT molecular complexity index is 1600. The first-order valence-electron chi connectivity index (χ1n) is 15.7. The Kier molecular flexibility index (Phi) is 11.0. The molecule has 0 aromatic heterocycles. The number of nitrogens with one attached hydrogen (secondary N) is 1. The first kappa shape index (κ1) is 31.8. The zero-order chi connectivity index (χ0) is 30.9. The maximum absolute atomic E-state index is 13.5. The predicted octanol–water partition coefficient (Wildman–Crippen LogP) is 6.57. The van der Waals surface area contributed by atoms with E-state index in [0.717, 1.165) is 77.1 Å². The monoisotopic (exact) mass is 584 g/mol. The molecule has 4 rings (SSSR count). The highest BCUT2D eigenvalue weighted by Crippen LogP contribution is 2.42. The fraction of sp³-hybridized carbons (Fsp3) is 0.417. The van der Waals surface area contributed by atoms with Crippen molar-refractivity contribution in [3.05, 3.63) is 71.6 Å². The van der Waals surface area contributed by atoms with Crippen molar-refractivity contribution in [2.45, 2.75) is 54.4 Å². The van der Waals surface area contributed by atoms with Crippen LogP contribution in [0.15, 0.2) is 65.1 Å². The Morgan fingerprint density at radius 2 is 1.67 bits per heavy atom. The Balaban J connectivity index is 1.78. The van der Waals surface area contributed by atoms with Gasteiger partial charge in [-0.3, -0.25) is 4.79 Å². The van der Waals surface area contributed by atoms with E-state index in [1.54, 1.807) is 0 Å². The van der Waals surface area contributed by atoms with Crippen LogP contribution in [0.3, 0.4) is 0 Å². The second kappa shape index (κ2) is 14.9. The fourth-order valence-electron chi connectivity index (χ4n) is 5.49. The molecule has 1 atom stereocenters. The molecule has 2 aliphatic rings. The summed E-state index contributed by atoms with van der Waals surface area (Å²) in [4.78, 5) is 27.8. The van der Waals surface area contributed by atoms with Crippen molar-refractivity contribution in [1.29, 1.82) is 0 Å². The second-order valence-corrected chi connectivity index (χ2v) is 10.8. The van der Waals surface area contributed by atoms with Gasteiger partial charge in [-0.1, -0.05) is 32.0 Å². The first-order valence-corrected chi connectivity index (χ1v) is 15.7. The molecule has 2 aromatic rings. The fourth-order valence-corrected chi connectivity index (χ4v) is 5.49. The van der Waals surface area contributed by atoms with Gasteiger partial charge < -0.3 is 19.4 Å². The number of carbonyl (C=O) groups excluding carboxylic acids is 2. The van der Waals surface area contributed by atoms with E-state index in [2.05, 4.69) is 78.9 Å². The van der Waals surface area contributed by atoms with Gasteiger partial charge in [0.1, 0.15) is 24.4 Å². The molecule has 0 fully saturated rings. The minimum absolute atomic E-state index is 0.0251. The molecular formula is C36H46N3O4+. The van der Waals surface area contributed by atoms with E-state index < -0.39 is 0 Å². The van der Waals surface area contributed by atoms with E-state index in [1.165, 1.54) is 0 Å². The van der Waals surface area contributed by atoms with Crippen LogP contribution in [0.5, 0.6) is 0 Å². The van der Waals surface area contributed by atoms with Crippen LogP contribution in [0.2, 0.25) is 0 Å². The van der Waals surface area contributed by atoms with Crippen molar-refractivity contribution < 1.29 is 18.7 Å². The average Bonchev–Trinajstić information content (AvgIpc) is 3.03. The van der Waals surface area contributed by atoms with Gasteiger partial charge in [-0.15, -0.1) is 0 Å². The lowest BCUT2D eigenvalue weighted by Gasteiger charge is -2.22. The number of hydrogen-bond donors (Lipinski definition) is 1. The molecular weight excluding hydrogens is 538 g/mol. The molecule has 0 bridgehead atoms. The summed E-state index contributed by atoms with van der Waals surface area (Å²) < 4.78 is 14.6. The zero-order valence-electron chi connectivity index (χ0n) is 26.5. The molecule has 228 valence electrons. The lowest BCUT2D eigenvalue weighted by Crippen LogP contribution is -2.30. The van der Waals surface area contributed by atoms with E-state index >= 15 is 0 Å². The summed E-state index contributed by atoms with van der Waals surface area (Å²) in [7, 11) is 0. The van der Waals surface area contributed by atoms with Crippen LogP contribution in [-0.4, -0.2) is 51.2 Å². The third-order valence-corrected chi connectivity index (χ3v) is 8.28. The van der Waals surface area contributed by atoms with Crippen molar-refractivity contribution in [3.8, 4) is 22.5 Å². The third kappa shape index (κ3) is 7.10. The van der Waals surface area contributed by atoms with Gasteiger partial charge in [0.25, 0.3) is 0 Å². The molecule has 0 radical (unpaired) electrons. The third-order valence-electron chi connectivity index (χ3n) is 8.28. The number of anilines is 1. The maximum atomic E-state index is 13.5. The number of carbonyl (C=O) groups is 2. The van der Waals surface area contributed by atoms with Crippen molar-refractivity contribution in [2.24, 2.45) is 5.92 Å². The lowest BCUT2D eigenvalue weighted by molar-refractivity contribution is -0.124. The summed E-state index contributed by atoms with van der Waals surface area (Å²) >= 11 is 0. The van der Waals surface area contributed by atoms with E-state index in [-0.39, 0.29) is 24.4 Å². The minimum atomic E-state index is -0.384. The number of amides is 1. The van der Waals surface area contributed by atoms with Gasteiger partial charge in [-0.05, 0) is 70.4 Å². The molecule has 1 aliphatic carbocycles. The molecule has 0 spiro atoms. The van der Waals surface area contributed by atoms with Crippen LogP contribution in [0.1, 0.15) is 64.7 Å². The summed E-state index contributed by atoms with van der Waals surface area (Å²) in [6.45, 7) is 16.8.